The molecule has 0 aliphatic heterocycles. The van der Waals surface area contributed by atoms with E-state index >= 15 is 0 Å². The molecule has 0 N–H and O–H groups in total. The maximum Gasteiger partial charge on any atom is 0.308 e. The van der Waals surface area contributed by atoms with Crippen molar-refractivity contribution in [1.82, 2.24) is 4.98 Å². The molecule has 0 radical (unpaired) electrons. The van der Waals surface area contributed by atoms with E-state index in [2.05, 4.69) is 11.6 Å². The number of sulfone groups is 1. The van der Waals surface area contributed by atoms with Crippen LogP contribution in [0.4, 0.5) is 5.69 Å². The Morgan fingerprint density at radius 3 is 2.69 bits per heavy atom. The van der Waals surface area contributed by atoms with Crippen molar-refractivity contribution in [2.75, 3.05) is 0 Å². The van der Waals surface area contributed by atoms with Gasteiger partial charge in [-0.3, -0.25) is 10.1 Å². The third kappa shape index (κ3) is 2.04. The molecule has 16 heavy (non-hydrogen) atoms. The molecule has 0 aromatic carbocycles. The Balaban J connectivity index is 3.60. The van der Waals surface area contributed by atoms with Gasteiger partial charge in [-0.1, -0.05) is 6.58 Å². The molecule has 1 rings (SSSR count). The zero-order valence-corrected chi connectivity index (χ0v) is 8.64. The SMILES string of the molecule is C=CS(=O)(=O)c1ncc(C#N)cc1[N+](=O)[O-]. The highest BCUT2D eigenvalue weighted by Gasteiger charge is 2.25. The van der Waals surface area contributed by atoms with Crippen LogP contribution in [0.1, 0.15) is 5.56 Å². The van der Waals surface area contributed by atoms with E-state index in [0.717, 1.165) is 12.3 Å². The standard InChI is InChI=1S/C8H5N3O4S/c1-2-16(14,15)8-7(11(12)13)3-6(4-9)5-10-8/h2-3,5H,1H2. The Hall–Kier alpha value is -2.27. The van der Waals surface area contributed by atoms with Gasteiger partial charge in [0.05, 0.1) is 10.5 Å². The lowest BCUT2D eigenvalue weighted by molar-refractivity contribution is -0.388. The minimum absolute atomic E-state index is 0.0882. The average Bonchev–Trinajstić information content (AvgIpc) is 2.28. The summed E-state index contributed by atoms with van der Waals surface area (Å²) in [5, 5.41) is 19.0. The van der Waals surface area contributed by atoms with E-state index in [-0.39, 0.29) is 5.56 Å². The second-order valence-corrected chi connectivity index (χ2v) is 4.44. The van der Waals surface area contributed by atoms with Crippen LogP contribution in [0.5, 0.6) is 0 Å². The van der Waals surface area contributed by atoms with Gasteiger partial charge in [-0.25, -0.2) is 13.4 Å². The van der Waals surface area contributed by atoms with Gasteiger partial charge < -0.3 is 0 Å². The van der Waals surface area contributed by atoms with Crippen LogP contribution in [0.15, 0.2) is 29.3 Å². The number of nitriles is 1. The van der Waals surface area contributed by atoms with Crippen LogP contribution in [-0.4, -0.2) is 18.3 Å². The Morgan fingerprint density at radius 2 is 2.25 bits per heavy atom. The van der Waals surface area contributed by atoms with Gasteiger partial charge in [0, 0.05) is 17.7 Å². The van der Waals surface area contributed by atoms with Crippen molar-refractivity contribution >= 4 is 15.5 Å². The molecule has 8 heteroatoms. The fraction of sp³-hybridized carbons (Fsp3) is 0. The maximum absolute atomic E-state index is 11.4. The Morgan fingerprint density at radius 1 is 1.62 bits per heavy atom. The average molecular weight is 239 g/mol. The Bertz CT molecular complexity index is 600. The molecule has 0 bridgehead atoms. The van der Waals surface area contributed by atoms with Gasteiger partial charge in [0.25, 0.3) is 0 Å². The Kier molecular flexibility index (Phi) is 3.01. The zero-order valence-electron chi connectivity index (χ0n) is 7.82. The third-order valence-corrected chi connectivity index (χ3v) is 2.94. The largest absolute Gasteiger partial charge is 0.308 e. The third-order valence-electron chi connectivity index (χ3n) is 1.65. The molecule has 0 amide bonds. The minimum Gasteiger partial charge on any atom is -0.258 e. The lowest BCUT2D eigenvalue weighted by Gasteiger charge is -1.99. The number of rotatable bonds is 3. The molecular formula is C8H5N3O4S. The second-order valence-electron chi connectivity index (χ2n) is 2.63. The molecule has 0 aliphatic carbocycles. The second kappa shape index (κ2) is 4.08. The Labute approximate surface area is 90.7 Å². The summed E-state index contributed by atoms with van der Waals surface area (Å²) in [6, 6.07) is 2.48. The number of nitro groups is 1. The van der Waals surface area contributed by atoms with E-state index in [4.69, 9.17) is 5.26 Å². The molecule has 0 fully saturated rings. The van der Waals surface area contributed by atoms with E-state index in [1.165, 1.54) is 0 Å². The molecule has 1 aromatic rings. The van der Waals surface area contributed by atoms with Crippen molar-refractivity contribution in [3.63, 3.8) is 0 Å². The maximum atomic E-state index is 11.4. The molecule has 0 saturated heterocycles. The first-order chi connectivity index (χ1) is 7.42. The van der Waals surface area contributed by atoms with Gasteiger partial charge >= 0.3 is 5.69 Å². The van der Waals surface area contributed by atoms with Crippen LogP contribution in [0.25, 0.3) is 0 Å². The number of nitrogens with zero attached hydrogens (tertiary/aromatic N) is 3. The van der Waals surface area contributed by atoms with E-state index < -0.39 is 25.5 Å². The first kappa shape index (κ1) is 11.8. The van der Waals surface area contributed by atoms with Crippen LogP contribution in [0.2, 0.25) is 0 Å². The summed E-state index contributed by atoms with van der Waals surface area (Å²) in [5.74, 6) is 0. The summed E-state index contributed by atoms with van der Waals surface area (Å²) in [4.78, 5) is 13.1. The first-order valence-electron chi connectivity index (χ1n) is 3.84. The van der Waals surface area contributed by atoms with Crippen LogP contribution in [0, 0.1) is 21.4 Å². The molecule has 0 spiro atoms. The van der Waals surface area contributed by atoms with Gasteiger partial charge in [-0.15, -0.1) is 0 Å². The van der Waals surface area contributed by atoms with E-state index in [1.807, 2.05) is 0 Å². The molecule has 0 saturated carbocycles. The molecular weight excluding hydrogens is 234 g/mol. The van der Waals surface area contributed by atoms with Crippen molar-refractivity contribution in [3.05, 3.63) is 39.9 Å². The summed E-state index contributed by atoms with van der Waals surface area (Å²) in [5.41, 5.74) is -0.825. The molecule has 1 heterocycles. The first-order valence-corrected chi connectivity index (χ1v) is 5.39. The van der Waals surface area contributed by atoms with Crippen molar-refractivity contribution in [3.8, 4) is 6.07 Å². The fourth-order valence-corrected chi connectivity index (χ4v) is 1.71. The molecule has 1 aromatic heterocycles. The van der Waals surface area contributed by atoms with Gasteiger partial charge in [-0.2, -0.15) is 5.26 Å². The monoisotopic (exact) mass is 239 g/mol. The highest BCUT2D eigenvalue weighted by atomic mass is 32.2. The van der Waals surface area contributed by atoms with Gasteiger partial charge in [0.15, 0.2) is 0 Å². The van der Waals surface area contributed by atoms with Crippen molar-refractivity contribution in [2.45, 2.75) is 5.03 Å². The predicted molar refractivity (Wildman–Crippen MR) is 53.0 cm³/mol. The minimum atomic E-state index is -4.00. The van der Waals surface area contributed by atoms with Crippen molar-refractivity contribution < 1.29 is 13.3 Å². The van der Waals surface area contributed by atoms with Crippen LogP contribution >= 0.6 is 0 Å². The van der Waals surface area contributed by atoms with Crippen LogP contribution in [0.3, 0.4) is 0 Å². The van der Waals surface area contributed by atoms with Gasteiger partial charge in [0.1, 0.15) is 6.07 Å². The number of hydrogen-bond donors (Lipinski definition) is 0. The molecule has 0 unspecified atom stereocenters. The van der Waals surface area contributed by atoms with Gasteiger partial charge in [-0.05, 0) is 0 Å². The summed E-state index contributed by atoms with van der Waals surface area (Å²) < 4.78 is 22.7. The fourth-order valence-electron chi connectivity index (χ4n) is 0.931. The zero-order chi connectivity index (χ0) is 12.3. The van der Waals surface area contributed by atoms with Crippen molar-refractivity contribution in [2.24, 2.45) is 0 Å². The van der Waals surface area contributed by atoms with Crippen molar-refractivity contribution in [1.29, 1.82) is 5.26 Å². The van der Waals surface area contributed by atoms with Crippen LogP contribution in [-0.2, 0) is 9.84 Å². The van der Waals surface area contributed by atoms with E-state index in [0.29, 0.717) is 5.41 Å². The van der Waals surface area contributed by atoms with Gasteiger partial charge in [0.2, 0.25) is 14.9 Å². The summed E-state index contributed by atoms with van der Waals surface area (Å²) in [6.45, 7) is 3.04. The highest BCUT2D eigenvalue weighted by molar-refractivity contribution is 7.94. The van der Waals surface area contributed by atoms with E-state index in [9.17, 15) is 18.5 Å². The lowest BCUT2D eigenvalue weighted by atomic mass is 10.3. The molecule has 0 aliphatic rings. The lowest BCUT2D eigenvalue weighted by Crippen LogP contribution is -2.05. The summed E-state index contributed by atoms with van der Waals surface area (Å²) in [6.07, 6.45) is 0.948. The number of aromatic nitrogens is 1. The number of pyridine rings is 1. The summed E-state index contributed by atoms with van der Waals surface area (Å²) in [7, 11) is -4.00. The molecule has 82 valence electrons. The molecule has 0 atom stereocenters. The normalized spacial score (nSPS) is 10.4. The summed E-state index contributed by atoms with van der Waals surface area (Å²) >= 11 is 0. The highest BCUT2D eigenvalue weighted by Crippen LogP contribution is 2.23. The topological polar surface area (TPSA) is 114 Å². The molecule has 7 nitrogen and oxygen atoms in total. The number of hydrogen-bond acceptors (Lipinski definition) is 6. The van der Waals surface area contributed by atoms with E-state index in [1.54, 1.807) is 6.07 Å². The quantitative estimate of drug-likeness (QED) is 0.568. The van der Waals surface area contributed by atoms with Crippen LogP contribution < -0.4 is 0 Å². The predicted octanol–water partition coefficient (Wildman–Crippen LogP) is 0.779. The smallest absolute Gasteiger partial charge is 0.258 e.